The fourth-order valence-electron chi connectivity index (χ4n) is 2.91. The van der Waals surface area contributed by atoms with Crippen LogP contribution in [0.1, 0.15) is 57.2 Å². The summed E-state index contributed by atoms with van der Waals surface area (Å²) >= 11 is 0. The van der Waals surface area contributed by atoms with Crippen molar-refractivity contribution in [1.82, 2.24) is 10.4 Å². The Labute approximate surface area is 111 Å². The van der Waals surface area contributed by atoms with E-state index in [4.69, 9.17) is 0 Å². The molecular formula is C16H26N2. The molecule has 3 unspecified atom stereocenters. The van der Waals surface area contributed by atoms with Crippen LogP contribution in [0.4, 0.5) is 0 Å². The van der Waals surface area contributed by atoms with Crippen molar-refractivity contribution in [3.05, 3.63) is 35.4 Å². The standard InChI is InChI=1S/C16H26N2/c1-12-7-5-10-16(11-12)15(4)17-18-13(2)8-6-9-14(18)3/h5,7,10-11,13-15,17H,6,8-9H2,1-4H3. The molecule has 2 nitrogen and oxygen atoms in total. The highest BCUT2D eigenvalue weighted by Gasteiger charge is 2.25. The average molecular weight is 246 g/mol. The van der Waals surface area contributed by atoms with E-state index in [2.05, 4.69) is 62.4 Å². The van der Waals surface area contributed by atoms with Crippen LogP contribution in [0.2, 0.25) is 0 Å². The molecule has 0 spiro atoms. The highest BCUT2D eigenvalue weighted by molar-refractivity contribution is 5.24. The first-order chi connectivity index (χ1) is 8.58. The molecule has 0 amide bonds. The second-order valence-electron chi connectivity index (χ2n) is 5.80. The zero-order valence-electron chi connectivity index (χ0n) is 12.1. The first-order valence-electron chi connectivity index (χ1n) is 7.19. The maximum Gasteiger partial charge on any atom is 0.0436 e. The third kappa shape index (κ3) is 3.12. The van der Waals surface area contributed by atoms with Gasteiger partial charge in [0, 0.05) is 18.1 Å². The van der Waals surface area contributed by atoms with E-state index in [1.165, 1.54) is 30.4 Å². The van der Waals surface area contributed by atoms with Crippen molar-refractivity contribution in [2.45, 2.75) is 65.1 Å². The molecule has 18 heavy (non-hydrogen) atoms. The van der Waals surface area contributed by atoms with Crippen LogP contribution in [-0.4, -0.2) is 17.1 Å². The molecule has 1 aliphatic heterocycles. The Balaban J connectivity index is 2.04. The van der Waals surface area contributed by atoms with Gasteiger partial charge in [-0.2, -0.15) is 0 Å². The summed E-state index contributed by atoms with van der Waals surface area (Å²) in [4.78, 5) is 0. The highest BCUT2D eigenvalue weighted by atomic mass is 15.5. The Kier molecular flexibility index (Phi) is 4.41. The van der Waals surface area contributed by atoms with Crippen molar-refractivity contribution < 1.29 is 0 Å². The molecule has 0 saturated carbocycles. The lowest BCUT2D eigenvalue weighted by Gasteiger charge is -2.41. The Morgan fingerprint density at radius 1 is 1.22 bits per heavy atom. The zero-order valence-corrected chi connectivity index (χ0v) is 12.1. The zero-order chi connectivity index (χ0) is 13.1. The SMILES string of the molecule is Cc1cccc(C(C)NN2C(C)CCCC2C)c1. The van der Waals surface area contributed by atoms with Crippen molar-refractivity contribution >= 4 is 0 Å². The number of hydrazine groups is 1. The Morgan fingerprint density at radius 2 is 1.89 bits per heavy atom. The number of nitrogens with one attached hydrogen (secondary N) is 1. The lowest BCUT2D eigenvalue weighted by molar-refractivity contribution is 0.0320. The molecule has 100 valence electrons. The number of benzene rings is 1. The van der Waals surface area contributed by atoms with Gasteiger partial charge in [0.05, 0.1) is 0 Å². The number of piperidine rings is 1. The van der Waals surface area contributed by atoms with Gasteiger partial charge in [-0.3, -0.25) is 0 Å². The Morgan fingerprint density at radius 3 is 2.50 bits per heavy atom. The van der Waals surface area contributed by atoms with Crippen molar-refractivity contribution in [3.8, 4) is 0 Å². The van der Waals surface area contributed by atoms with Gasteiger partial charge in [-0.1, -0.05) is 36.2 Å². The van der Waals surface area contributed by atoms with Gasteiger partial charge in [0.1, 0.15) is 0 Å². The summed E-state index contributed by atoms with van der Waals surface area (Å²) in [6.45, 7) is 9.06. The molecule has 1 aromatic rings. The lowest BCUT2D eigenvalue weighted by Crippen LogP contribution is -2.52. The fraction of sp³-hybridized carbons (Fsp3) is 0.625. The van der Waals surface area contributed by atoms with E-state index in [1.807, 2.05) is 0 Å². The third-order valence-corrected chi connectivity index (χ3v) is 4.08. The van der Waals surface area contributed by atoms with E-state index >= 15 is 0 Å². The predicted octanol–water partition coefficient (Wildman–Crippen LogP) is 3.82. The predicted molar refractivity (Wildman–Crippen MR) is 77.3 cm³/mol. The van der Waals surface area contributed by atoms with E-state index in [9.17, 15) is 0 Å². The largest absolute Gasteiger partial charge is 0.247 e. The summed E-state index contributed by atoms with van der Waals surface area (Å²) in [6, 6.07) is 10.4. The number of nitrogens with zero attached hydrogens (tertiary/aromatic N) is 1. The summed E-state index contributed by atoms with van der Waals surface area (Å²) in [5.74, 6) is 0. The number of rotatable bonds is 3. The second-order valence-corrected chi connectivity index (χ2v) is 5.80. The van der Waals surface area contributed by atoms with Crippen LogP contribution in [0, 0.1) is 6.92 Å². The van der Waals surface area contributed by atoms with Crippen LogP contribution >= 0.6 is 0 Å². The van der Waals surface area contributed by atoms with Crippen LogP contribution in [0.5, 0.6) is 0 Å². The molecule has 0 aromatic heterocycles. The molecular weight excluding hydrogens is 220 g/mol. The molecule has 1 aromatic carbocycles. The lowest BCUT2D eigenvalue weighted by atomic mass is 9.99. The molecule has 2 heteroatoms. The first-order valence-corrected chi connectivity index (χ1v) is 7.19. The summed E-state index contributed by atoms with van der Waals surface area (Å²) < 4.78 is 0. The van der Waals surface area contributed by atoms with E-state index in [0.717, 1.165) is 0 Å². The van der Waals surface area contributed by atoms with E-state index in [1.54, 1.807) is 0 Å². The smallest absolute Gasteiger partial charge is 0.0436 e. The molecule has 2 rings (SSSR count). The van der Waals surface area contributed by atoms with Crippen LogP contribution in [0.15, 0.2) is 24.3 Å². The van der Waals surface area contributed by atoms with Gasteiger partial charge in [-0.25, -0.2) is 10.4 Å². The van der Waals surface area contributed by atoms with Crippen LogP contribution in [0.25, 0.3) is 0 Å². The Hall–Kier alpha value is -0.860. The van der Waals surface area contributed by atoms with Crippen molar-refractivity contribution in [3.63, 3.8) is 0 Å². The molecule has 0 bridgehead atoms. The van der Waals surface area contributed by atoms with Gasteiger partial charge in [-0.05, 0) is 46.1 Å². The van der Waals surface area contributed by atoms with Crippen LogP contribution < -0.4 is 5.43 Å². The van der Waals surface area contributed by atoms with Crippen LogP contribution in [0.3, 0.4) is 0 Å². The molecule has 1 N–H and O–H groups in total. The minimum absolute atomic E-state index is 0.382. The fourth-order valence-corrected chi connectivity index (χ4v) is 2.91. The molecule has 1 heterocycles. The molecule has 1 saturated heterocycles. The third-order valence-electron chi connectivity index (χ3n) is 4.08. The van der Waals surface area contributed by atoms with Gasteiger partial charge in [0.15, 0.2) is 0 Å². The van der Waals surface area contributed by atoms with Gasteiger partial charge < -0.3 is 0 Å². The summed E-state index contributed by atoms with van der Waals surface area (Å²) in [5.41, 5.74) is 6.40. The van der Waals surface area contributed by atoms with Gasteiger partial charge in [-0.15, -0.1) is 0 Å². The maximum absolute atomic E-state index is 3.70. The van der Waals surface area contributed by atoms with Crippen LogP contribution in [-0.2, 0) is 0 Å². The first kappa shape index (κ1) is 13.6. The summed E-state index contributed by atoms with van der Waals surface area (Å²) in [5, 5.41) is 2.45. The molecule has 0 aliphatic carbocycles. The average Bonchev–Trinajstić information content (AvgIpc) is 2.34. The van der Waals surface area contributed by atoms with Crippen molar-refractivity contribution in [2.24, 2.45) is 0 Å². The summed E-state index contributed by atoms with van der Waals surface area (Å²) in [6.07, 6.45) is 3.97. The van der Waals surface area contributed by atoms with Crippen molar-refractivity contribution in [2.75, 3.05) is 0 Å². The quantitative estimate of drug-likeness (QED) is 0.872. The number of hydrogen-bond acceptors (Lipinski definition) is 2. The summed E-state index contributed by atoms with van der Waals surface area (Å²) in [7, 11) is 0. The number of hydrogen-bond donors (Lipinski definition) is 1. The molecule has 1 aliphatic rings. The van der Waals surface area contributed by atoms with Gasteiger partial charge in [0.25, 0.3) is 0 Å². The second kappa shape index (κ2) is 5.85. The highest BCUT2D eigenvalue weighted by Crippen LogP contribution is 2.23. The van der Waals surface area contributed by atoms with E-state index in [0.29, 0.717) is 18.1 Å². The minimum atomic E-state index is 0.382. The molecule has 3 atom stereocenters. The maximum atomic E-state index is 3.70. The van der Waals surface area contributed by atoms with E-state index < -0.39 is 0 Å². The monoisotopic (exact) mass is 246 g/mol. The molecule has 1 fully saturated rings. The minimum Gasteiger partial charge on any atom is -0.247 e. The van der Waals surface area contributed by atoms with Crippen molar-refractivity contribution in [1.29, 1.82) is 0 Å². The van der Waals surface area contributed by atoms with Gasteiger partial charge >= 0.3 is 0 Å². The molecule has 0 radical (unpaired) electrons. The normalized spacial score (nSPS) is 27.1. The Bertz CT molecular complexity index is 378. The van der Waals surface area contributed by atoms with E-state index in [-0.39, 0.29) is 0 Å². The number of aryl methyl sites for hydroxylation is 1. The topological polar surface area (TPSA) is 15.3 Å². The van der Waals surface area contributed by atoms with Gasteiger partial charge in [0.2, 0.25) is 0 Å².